The van der Waals surface area contributed by atoms with E-state index in [-0.39, 0.29) is 5.25 Å². The van der Waals surface area contributed by atoms with Crippen molar-refractivity contribution in [3.63, 3.8) is 0 Å². The van der Waals surface area contributed by atoms with Crippen LogP contribution in [0.4, 0.5) is 11.4 Å². The van der Waals surface area contributed by atoms with Gasteiger partial charge in [-0.2, -0.15) is 0 Å². The first kappa shape index (κ1) is 11.5. The van der Waals surface area contributed by atoms with E-state index in [1.54, 1.807) is 12.1 Å². The minimum Gasteiger partial charge on any atom is -0.486 e. The molecular formula is C11H14N2O4S. The summed E-state index contributed by atoms with van der Waals surface area (Å²) in [4.78, 5) is 0. The third-order valence-corrected chi connectivity index (χ3v) is 4.78. The first-order valence-corrected chi connectivity index (χ1v) is 7.31. The van der Waals surface area contributed by atoms with Crippen LogP contribution in [0.25, 0.3) is 0 Å². The van der Waals surface area contributed by atoms with E-state index >= 15 is 0 Å². The second kappa shape index (κ2) is 3.94. The van der Waals surface area contributed by atoms with Crippen LogP contribution in [0, 0.1) is 0 Å². The molecule has 3 rings (SSSR count). The normalized spacial score (nSPS) is 18.4. The van der Waals surface area contributed by atoms with Crippen molar-refractivity contribution in [2.75, 3.05) is 23.7 Å². The van der Waals surface area contributed by atoms with Gasteiger partial charge < -0.3 is 15.2 Å². The minimum absolute atomic E-state index is 0.287. The summed E-state index contributed by atoms with van der Waals surface area (Å²) in [6.45, 7) is 0.922. The molecule has 18 heavy (non-hydrogen) atoms. The van der Waals surface area contributed by atoms with Gasteiger partial charge in [-0.05, 0) is 12.8 Å². The van der Waals surface area contributed by atoms with Gasteiger partial charge in [0.2, 0.25) is 10.0 Å². The summed E-state index contributed by atoms with van der Waals surface area (Å²) in [5.74, 6) is 1.07. The van der Waals surface area contributed by atoms with E-state index in [0.29, 0.717) is 48.9 Å². The molecule has 1 aromatic carbocycles. The summed E-state index contributed by atoms with van der Waals surface area (Å²) < 4.78 is 37.0. The van der Waals surface area contributed by atoms with Crippen molar-refractivity contribution < 1.29 is 17.9 Å². The van der Waals surface area contributed by atoms with Crippen LogP contribution in [0.2, 0.25) is 0 Å². The number of nitrogens with one attached hydrogen (secondary N) is 1. The van der Waals surface area contributed by atoms with Crippen LogP contribution in [-0.4, -0.2) is 26.9 Å². The van der Waals surface area contributed by atoms with Crippen LogP contribution in [0.5, 0.6) is 11.5 Å². The zero-order chi connectivity index (χ0) is 12.8. The highest BCUT2D eigenvalue weighted by Gasteiger charge is 2.36. The highest BCUT2D eigenvalue weighted by Crippen LogP contribution is 2.38. The molecule has 0 radical (unpaired) electrons. The molecule has 0 spiro atoms. The fourth-order valence-corrected chi connectivity index (χ4v) is 3.21. The van der Waals surface area contributed by atoms with Crippen LogP contribution in [-0.2, 0) is 10.0 Å². The third kappa shape index (κ3) is 2.05. The predicted octanol–water partition coefficient (Wildman–Crippen LogP) is 0.944. The van der Waals surface area contributed by atoms with Crippen molar-refractivity contribution >= 4 is 21.4 Å². The summed E-state index contributed by atoms with van der Waals surface area (Å²) in [5, 5.41) is -0.287. The maximum absolute atomic E-state index is 11.8. The lowest BCUT2D eigenvalue weighted by atomic mass is 10.2. The van der Waals surface area contributed by atoms with Crippen molar-refractivity contribution in [1.29, 1.82) is 0 Å². The summed E-state index contributed by atoms with van der Waals surface area (Å²) in [6.07, 6.45) is 1.42. The Morgan fingerprint density at radius 1 is 1.17 bits per heavy atom. The second-order valence-corrected chi connectivity index (χ2v) is 6.39. The van der Waals surface area contributed by atoms with E-state index in [2.05, 4.69) is 4.72 Å². The maximum atomic E-state index is 11.8. The van der Waals surface area contributed by atoms with E-state index in [0.717, 1.165) is 0 Å². The number of ether oxygens (including phenoxy) is 2. The minimum atomic E-state index is -3.32. The van der Waals surface area contributed by atoms with Gasteiger partial charge in [0.15, 0.2) is 11.5 Å². The summed E-state index contributed by atoms with van der Waals surface area (Å²) in [6, 6.07) is 3.16. The monoisotopic (exact) mass is 270 g/mol. The summed E-state index contributed by atoms with van der Waals surface area (Å²) in [7, 11) is -3.32. The highest BCUT2D eigenvalue weighted by atomic mass is 32.2. The van der Waals surface area contributed by atoms with Crippen LogP contribution < -0.4 is 19.9 Å². The Kier molecular flexibility index (Phi) is 2.51. The van der Waals surface area contributed by atoms with Crippen molar-refractivity contribution in [2.24, 2.45) is 0 Å². The lowest BCUT2D eigenvalue weighted by Gasteiger charge is -2.20. The molecule has 2 aliphatic rings. The Balaban J connectivity index is 1.92. The predicted molar refractivity (Wildman–Crippen MR) is 67.4 cm³/mol. The molecule has 7 heteroatoms. The van der Waals surface area contributed by atoms with Crippen molar-refractivity contribution in [1.82, 2.24) is 0 Å². The first-order chi connectivity index (χ1) is 8.56. The average molecular weight is 270 g/mol. The molecule has 6 nitrogen and oxygen atoms in total. The topological polar surface area (TPSA) is 90.7 Å². The maximum Gasteiger partial charge on any atom is 0.235 e. The zero-order valence-corrected chi connectivity index (χ0v) is 10.5. The second-order valence-electron chi connectivity index (χ2n) is 4.43. The first-order valence-electron chi connectivity index (χ1n) is 5.77. The van der Waals surface area contributed by atoms with Gasteiger partial charge in [-0.1, -0.05) is 0 Å². The van der Waals surface area contributed by atoms with E-state index in [4.69, 9.17) is 15.2 Å². The Morgan fingerprint density at radius 3 is 2.39 bits per heavy atom. The molecule has 1 aliphatic heterocycles. The molecule has 0 bridgehead atoms. The molecule has 0 atom stereocenters. The lowest BCUT2D eigenvalue weighted by Crippen LogP contribution is -2.20. The average Bonchev–Trinajstić information content (AvgIpc) is 3.14. The molecule has 1 aliphatic carbocycles. The lowest BCUT2D eigenvalue weighted by molar-refractivity contribution is 0.172. The van der Waals surface area contributed by atoms with Crippen LogP contribution in [0.1, 0.15) is 12.8 Å². The van der Waals surface area contributed by atoms with Crippen molar-refractivity contribution in [3.8, 4) is 11.5 Å². The molecule has 0 unspecified atom stereocenters. The van der Waals surface area contributed by atoms with Gasteiger partial charge in [-0.25, -0.2) is 8.42 Å². The Labute approximate surface area is 105 Å². The van der Waals surface area contributed by atoms with E-state index < -0.39 is 10.0 Å². The van der Waals surface area contributed by atoms with Gasteiger partial charge >= 0.3 is 0 Å². The number of benzene rings is 1. The van der Waals surface area contributed by atoms with Crippen molar-refractivity contribution in [2.45, 2.75) is 18.1 Å². The Bertz CT molecular complexity index is 581. The van der Waals surface area contributed by atoms with Gasteiger partial charge in [-0.3, -0.25) is 4.72 Å². The van der Waals surface area contributed by atoms with Gasteiger partial charge in [0.25, 0.3) is 0 Å². The smallest absolute Gasteiger partial charge is 0.235 e. The molecule has 3 N–H and O–H groups in total. The zero-order valence-electron chi connectivity index (χ0n) is 9.68. The van der Waals surface area contributed by atoms with E-state index in [9.17, 15) is 8.42 Å². The molecule has 0 aromatic heterocycles. The molecule has 98 valence electrons. The SMILES string of the molecule is Nc1cc2c(cc1NS(=O)(=O)C1CC1)OCCO2. The number of anilines is 2. The number of hydrogen-bond acceptors (Lipinski definition) is 5. The highest BCUT2D eigenvalue weighted by molar-refractivity contribution is 7.93. The molecule has 1 fully saturated rings. The van der Waals surface area contributed by atoms with Gasteiger partial charge in [0.1, 0.15) is 13.2 Å². The quantitative estimate of drug-likeness (QED) is 0.798. The summed E-state index contributed by atoms with van der Waals surface area (Å²) in [5.41, 5.74) is 6.50. The van der Waals surface area contributed by atoms with Crippen molar-refractivity contribution in [3.05, 3.63) is 12.1 Å². The molecule has 1 saturated carbocycles. The fourth-order valence-electron chi connectivity index (χ4n) is 1.81. The number of hydrogen-bond donors (Lipinski definition) is 2. The standard InChI is InChI=1S/C11H14N2O4S/c12-8-5-10-11(17-4-3-16-10)6-9(8)13-18(14,15)7-1-2-7/h5-7,13H,1-4,12H2. The Hall–Kier alpha value is -1.63. The molecular weight excluding hydrogens is 256 g/mol. The van der Waals surface area contributed by atoms with E-state index in [1.807, 2.05) is 0 Å². The van der Waals surface area contributed by atoms with Gasteiger partial charge in [-0.15, -0.1) is 0 Å². The van der Waals surface area contributed by atoms with Crippen LogP contribution >= 0.6 is 0 Å². The van der Waals surface area contributed by atoms with Crippen LogP contribution in [0.15, 0.2) is 12.1 Å². The molecule has 0 amide bonds. The van der Waals surface area contributed by atoms with Crippen LogP contribution in [0.3, 0.4) is 0 Å². The Morgan fingerprint density at radius 2 is 1.78 bits per heavy atom. The fraction of sp³-hybridized carbons (Fsp3) is 0.455. The largest absolute Gasteiger partial charge is 0.486 e. The number of nitrogens with two attached hydrogens (primary N) is 1. The number of rotatable bonds is 3. The number of nitrogen functional groups attached to an aromatic ring is 1. The molecule has 1 heterocycles. The van der Waals surface area contributed by atoms with Gasteiger partial charge in [0.05, 0.1) is 16.6 Å². The number of fused-ring (bicyclic) bond motifs is 1. The third-order valence-electron chi connectivity index (χ3n) is 2.93. The number of sulfonamides is 1. The molecule has 1 aromatic rings. The molecule has 0 saturated heterocycles. The van der Waals surface area contributed by atoms with E-state index in [1.165, 1.54) is 0 Å². The van der Waals surface area contributed by atoms with Gasteiger partial charge in [0, 0.05) is 12.1 Å². The summed E-state index contributed by atoms with van der Waals surface area (Å²) >= 11 is 0.